The summed E-state index contributed by atoms with van der Waals surface area (Å²) in [5.41, 5.74) is 12.0. The smallest absolute Gasteiger partial charge is 0.178 e. The molecule has 1 heterocycles. The molecule has 0 radical (unpaired) electrons. The third-order valence-corrected chi connectivity index (χ3v) is 9.43. The van der Waals surface area contributed by atoms with Crippen LogP contribution in [0.15, 0.2) is 146 Å². The summed E-state index contributed by atoms with van der Waals surface area (Å²) in [5, 5.41) is 19.3. The van der Waals surface area contributed by atoms with E-state index in [0.717, 1.165) is 67.0 Å². The average Bonchev–Trinajstić information content (AvgIpc) is 3.29. The van der Waals surface area contributed by atoms with Gasteiger partial charge in [-0.3, -0.25) is 0 Å². The summed E-state index contributed by atoms with van der Waals surface area (Å²) >= 11 is 0. The first-order valence-electron chi connectivity index (χ1n) is 19.0. The molecule has 0 saturated heterocycles. The highest BCUT2D eigenvalue weighted by Gasteiger charge is 2.11. The predicted octanol–water partition coefficient (Wildman–Crippen LogP) is 9.29. The molecule has 0 amide bonds. The van der Waals surface area contributed by atoms with Crippen molar-refractivity contribution in [2.24, 2.45) is 0 Å². The Kier molecular flexibility index (Phi) is 12.1. The lowest BCUT2D eigenvalue weighted by atomic mass is 10.0. The molecular weight excluding hydrogens is 733 g/mol. The predicted molar refractivity (Wildman–Crippen MR) is 241 cm³/mol. The number of hydrogen-bond donors (Lipinski definition) is 0. The monoisotopic (exact) mass is 768 g/mol. The van der Waals surface area contributed by atoms with Crippen LogP contribution in [0.3, 0.4) is 0 Å². The summed E-state index contributed by atoms with van der Waals surface area (Å²) in [6.07, 6.45) is 0. The number of anilines is 2. The van der Waals surface area contributed by atoms with Crippen LogP contribution < -0.4 is 9.80 Å². The van der Waals surface area contributed by atoms with Crippen LogP contribution in [0.1, 0.15) is 56.2 Å². The fourth-order valence-electron chi connectivity index (χ4n) is 5.99. The van der Waals surface area contributed by atoms with E-state index >= 15 is 0 Å². The van der Waals surface area contributed by atoms with E-state index in [1.165, 1.54) is 0 Å². The van der Waals surface area contributed by atoms with Crippen molar-refractivity contribution in [2.45, 2.75) is 0 Å². The summed E-state index contributed by atoms with van der Waals surface area (Å²) in [4.78, 5) is 12.8. The zero-order chi connectivity index (χ0) is 41.8. The van der Waals surface area contributed by atoms with Gasteiger partial charge in [0.25, 0.3) is 0 Å². The van der Waals surface area contributed by atoms with Crippen molar-refractivity contribution in [1.29, 1.82) is 10.5 Å². The van der Waals surface area contributed by atoms with E-state index < -0.39 is 0 Å². The second-order valence-corrected chi connectivity index (χ2v) is 14.0. The SMILES string of the molecule is CN(C)c1ccc(C#Cc2ccc(-c3ccc(C#Cc4nc(C#N)c(C#N)nc4C#Cc4ccc(-c5ccc(C#Cc6ccc(N(C)C)cc6)cc5)cc4)cc3)cc2)cc1. The van der Waals surface area contributed by atoms with Gasteiger partial charge in [0.15, 0.2) is 11.4 Å². The second-order valence-electron chi connectivity index (χ2n) is 14.0. The van der Waals surface area contributed by atoms with Crippen LogP contribution in [-0.2, 0) is 0 Å². The number of nitrogens with zero attached hydrogens (tertiary/aromatic N) is 6. The molecule has 60 heavy (non-hydrogen) atoms. The maximum Gasteiger partial charge on any atom is 0.178 e. The fraction of sp³-hybridized carbons (Fsp3) is 0.0741. The zero-order valence-electron chi connectivity index (χ0n) is 33.5. The maximum absolute atomic E-state index is 9.65. The minimum atomic E-state index is -0.0990. The van der Waals surface area contributed by atoms with Crippen molar-refractivity contribution < 1.29 is 0 Å². The first-order chi connectivity index (χ1) is 29.2. The molecule has 0 aliphatic carbocycles. The van der Waals surface area contributed by atoms with Crippen molar-refractivity contribution in [3.05, 3.63) is 202 Å². The minimum absolute atomic E-state index is 0.0990. The van der Waals surface area contributed by atoms with Crippen LogP contribution in [0.25, 0.3) is 22.3 Å². The third-order valence-electron chi connectivity index (χ3n) is 9.43. The Labute approximate surface area is 352 Å². The highest BCUT2D eigenvalue weighted by atomic mass is 15.1. The Morgan fingerprint density at radius 1 is 0.300 bits per heavy atom. The van der Waals surface area contributed by atoms with Crippen molar-refractivity contribution in [1.82, 2.24) is 9.97 Å². The third kappa shape index (κ3) is 9.96. The summed E-state index contributed by atoms with van der Waals surface area (Å²) in [5.74, 6) is 25.3. The van der Waals surface area contributed by atoms with Gasteiger partial charge in [-0.05, 0) is 131 Å². The van der Waals surface area contributed by atoms with Gasteiger partial charge in [0.1, 0.15) is 23.5 Å². The van der Waals surface area contributed by atoms with E-state index in [1.807, 2.05) is 137 Å². The first-order valence-corrected chi connectivity index (χ1v) is 19.0. The molecule has 0 bridgehead atoms. The lowest BCUT2D eigenvalue weighted by Gasteiger charge is -2.11. The highest BCUT2D eigenvalue weighted by Crippen LogP contribution is 2.22. The van der Waals surface area contributed by atoms with Gasteiger partial charge >= 0.3 is 0 Å². The summed E-state index contributed by atoms with van der Waals surface area (Å²) in [6, 6.07) is 52.2. The lowest BCUT2D eigenvalue weighted by molar-refractivity contribution is 1.09. The largest absolute Gasteiger partial charge is 0.378 e. The van der Waals surface area contributed by atoms with Crippen LogP contribution in [0.4, 0.5) is 11.4 Å². The number of benzene rings is 6. The number of aromatic nitrogens is 2. The van der Waals surface area contributed by atoms with Crippen molar-refractivity contribution in [3.8, 4) is 81.8 Å². The van der Waals surface area contributed by atoms with Crippen LogP contribution >= 0.6 is 0 Å². The summed E-state index contributed by atoms with van der Waals surface area (Å²) in [6.45, 7) is 0. The molecule has 0 N–H and O–H groups in total. The van der Waals surface area contributed by atoms with Crippen molar-refractivity contribution in [3.63, 3.8) is 0 Å². The van der Waals surface area contributed by atoms with Gasteiger partial charge in [-0.1, -0.05) is 84.1 Å². The molecule has 7 rings (SSSR count). The second kappa shape index (κ2) is 18.4. The normalized spacial score (nSPS) is 9.77. The Balaban J connectivity index is 1.04. The molecule has 0 spiro atoms. The molecule has 0 aliphatic heterocycles. The molecular formula is C54H36N6. The molecule has 6 heteroatoms. The van der Waals surface area contributed by atoms with E-state index in [1.54, 1.807) is 0 Å². The minimum Gasteiger partial charge on any atom is -0.378 e. The molecule has 0 unspecified atom stereocenters. The molecule has 0 fully saturated rings. The van der Waals surface area contributed by atoms with E-state index in [0.29, 0.717) is 0 Å². The Morgan fingerprint density at radius 3 is 0.733 bits per heavy atom. The molecule has 6 nitrogen and oxygen atoms in total. The fourth-order valence-corrected chi connectivity index (χ4v) is 5.99. The standard InChI is InChI=1S/C54H36N6/c1-59(2)49-31-17-41(18-32-49)7-5-39-9-23-45(24-10-39)47-27-13-43(14-28-47)21-35-51-52(58-54(38-56)53(37-55)57-51)36-22-44-15-29-48(30-16-44)46-25-11-40(12-26-46)6-8-42-19-33-50(34-20-42)60(3)4/h9-20,23-34H,1-4H3. The van der Waals surface area contributed by atoms with Crippen LogP contribution in [0, 0.1) is 70.0 Å². The van der Waals surface area contributed by atoms with Gasteiger partial charge in [0, 0.05) is 72.9 Å². The van der Waals surface area contributed by atoms with Gasteiger partial charge in [0.05, 0.1) is 0 Å². The number of nitriles is 2. The van der Waals surface area contributed by atoms with Gasteiger partial charge in [0.2, 0.25) is 0 Å². The van der Waals surface area contributed by atoms with Crippen LogP contribution in [-0.4, -0.2) is 38.2 Å². The Morgan fingerprint density at radius 2 is 0.517 bits per heavy atom. The molecule has 0 atom stereocenters. The van der Waals surface area contributed by atoms with E-state index in [-0.39, 0.29) is 22.8 Å². The number of rotatable bonds is 4. The van der Waals surface area contributed by atoms with Gasteiger partial charge < -0.3 is 9.80 Å². The molecule has 1 aromatic heterocycles. The highest BCUT2D eigenvalue weighted by molar-refractivity contribution is 5.67. The molecule has 0 saturated carbocycles. The molecule has 0 aliphatic rings. The maximum atomic E-state index is 9.65. The van der Waals surface area contributed by atoms with Gasteiger partial charge in [-0.2, -0.15) is 10.5 Å². The Bertz CT molecular complexity index is 2800. The van der Waals surface area contributed by atoms with Crippen LogP contribution in [0.5, 0.6) is 0 Å². The molecule has 6 aromatic carbocycles. The quantitative estimate of drug-likeness (QED) is 0.166. The van der Waals surface area contributed by atoms with E-state index in [4.69, 9.17) is 0 Å². The molecule has 7 aromatic rings. The average molecular weight is 769 g/mol. The van der Waals surface area contributed by atoms with Crippen molar-refractivity contribution >= 4 is 11.4 Å². The summed E-state index contributed by atoms with van der Waals surface area (Å²) < 4.78 is 0. The molecule has 282 valence electrons. The lowest BCUT2D eigenvalue weighted by Crippen LogP contribution is -2.07. The summed E-state index contributed by atoms with van der Waals surface area (Å²) in [7, 11) is 8.06. The van der Waals surface area contributed by atoms with E-state index in [2.05, 4.69) is 116 Å². The van der Waals surface area contributed by atoms with Gasteiger partial charge in [-0.15, -0.1) is 0 Å². The topological polar surface area (TPSA) is 79.8 Å². The van der Waals surface area contributed by atoms with E-state index in [9.17, 15) is 10.5 Å². The number of hydrogen-bond acceptors (Lipinski definition) is 6. The van der Waals surface area contributed by atoms with Gasteiger partial charge in [-0.25, -0.2) is 9.97 Å². The van der Waals surface area contributed by atoms with Crippen molar-refractivity contribution in [2.75, 3.05) is 38.0 Å². The zero-order valence-corrected chi connectivity index (χ0v) is 33.5. The van der Waals surface area contributed by atoms with Crippen LogP contribution in [0.2, 0.25) is 0 Å². The first kappa shape index (κ1) is 39.5. The Hall–Kier alpha value is -8.78.